The van der Waals surface area contributed by atoms with Gasteiger partial charge in [-0.3, -0.25) is 4.79 Å². The summed E-state index contributed by atoms with van der Waals surface area (Å²) in [6, 6.07) is 17.2. The second-order valence-electron chi connectivity index (χ2n) is 7.09. The van der Waals surface area contributed by atoms with Crippen LogP contribution >= 0.6 is 0 Å². The fourth-order valence-electron chi connectivity index (χ4n) is 3.74. The topological polar surface area (TPSA) is 55.8 Å². The van der Waals surface area contributed by atoms with Gasteiger partial charge in [0.2, 0.25) is 0 Å². The van der Waals surface area contributed by atoms with Gasteiger partial charge < -0.3 is 14.4 Å². The maximum absolute atomic E-state index is 13.2. The third-order valence-corrected chi connectivity index (χ3v) is 5.14. The van der Waals surface area contributed by atoms with Crippen molar-refractivity contribution >= 4 is 11.9 Å². The molecule has 2 atom stereocenters. The quantitative estimate of drug-likeness (QED) is 0.765. The van der Waals surface area contributed by atoms with Crippen LogP contribution in [0.15, 0.2) is 54.6 Å². The van der Waals surface area contributed by atoms with E-state index in [9.17, 15) is 9.59 Å². The third-order valence-electron chi connectivity index (χ3n) is 5.14. The lowest BCUT2D eigenvalue weighted by Crippen LogP contribution is -2.46. The Bertz CT molecular complexity index is 814. The van der Waals surface area contributed by atoms with Crippen LogP contribution in [0.4, 0.5) is 0 Å². The van der Waals surface area contributed by atoms with Crippen molar-refractivity contribution in [1.82, 2.24) is 4.90 Å². The minimum Gasteiger partial charge on any atom is -0.448 e. The first-order valence-corrected chi connectivity index (χ1v) is 9.44. The lowest BCUT2D eigenvalue weighted by Gasteiger charge is -2.31. The van der Waals surface area contributed by atoms with Crippen LogP contribution < -0.4 is 0 Å². The first kappa shape index (κ1) is 17.7. The lowest BCUT2D eigenvalue weighted by atomic mass is 9.98. The molecule has 5 heteroatoms. The van der Waals surface area contributed by atoms with Crippen molar-refractivity contribution in [3.05, 3.63) is 71.3 Å². The Balaban J connectivity index is 1.53. The van der Waals surface area contributed by atoms with E-state index in [0.717, 1.165) is 30.6 Å². The van der Waals surface area contributed by atoms with Crippen molar-refractivity contribution in [3.8, 4) is 0 Å². The molecule has 0 N–H and O–H groups in total. The van der Waals surface area contributed by atoms with Crippen molar-refractivity contribution in [1.29, 1.82) is 0 Å². The number of rotatable bonds is 5. The maximum atomic E-state index is 13.2. The van der Waals surface area contributed by atoms with E-state index in [1.807, 2.05) is 42.5 Å². The third kappa shape index (κ3) is 4.03. The van der Waals surface area contributed by atoms with Gasteiger partial charge in [0.05, 0.1) is 11.7 Å². The molecule has 0 saturated carbocycles. The van der Waals surface area contributed by atoms with E-state index < -0.39 is 12.1 Å². The summed E-state index contributed by atoms with van der Waals surface area (Å²) in [5.41, 5.74) is 2.46. The van der Waals surface area contributed by atoms with E-state index in [0.29, 0.717) is 25.1 Å². The predicted octanol–water partition coefficient (Wildman–Crippen LogP) is 2.98. The molecular weight excluding hydrogens is 342 g/mol. The molecule has 5 nitrogen and oxygen atoms in total. The Morgan fingerprint density at radius 2 is 1.85 bits per heavy atom. The Kier molecular flexibility index (Phi) is 5.21. The highest BCUT2D eigenvalue weighted by Gasteiger charge is 2.35. The van der Waals surface area contributed by atoms with E-state index in [-0.39, 0.29) is 12.0 Å². The van der Waals surface area contributed by atoms with Crippen LogP contribution in [0, 0.1) is 0 Å². The second kappa shape index (κ2) is 7.92. The summed E-state index contributed by atoms with van der Waals surface area (Å²) in [5.74, 6) is -0.579. The zero-order valence-corrected chi connectivity index (χ0v) is 15.2. The van der Waals surface area contributed by atoms with Crippen LogP contribution in [0.5, 0.6) is 0 Å². The van der Waals surface area contributed by atoms with Crippen LogP contribution in [-0.2, 0) is 27.2 Å². The van der Waals surface area contributed by atoms with E-state index in [1.54, 1.807) is 17.0 Å². The summed E-state index contributed by atoms with van der Waals surface area (Å²) in [4.78, 5) is 27.3. The number of nitrogens with zero attached hydrogens (tertiary/aromatic N) is 1. The number of cyclic esters (lactones) is 1. The normalized spacial score (nSPS) is 21.4. The summed E-state index contributed by atoms with van der Waals surface area (Å²) in [5, 5.41) is 0. The number of benzene rings is 2. The Labute approximate surface area is 158 Å². The van der Waals surface area contributed by atoms with Crippen LogP contribution in [0.3, 0.4) is 0 Å². The van der Waals surface area contributed by atoms with Gasteiger partial charge in [-0.05, 0) is 30.0 Å². The maximum Gasteiger partial charge on any atom is 0.339 e. The van der Waals surface area contributed by atoms with E-state index in [1.165, 1.54) is 0 Å². The van der Waals surface area contributed by atoms with Crippen LogP contribution in [0.2, 0.25) is 0 Å². The lowest BCUT2D eigenvalue weighted by molar-refractivity contribution is -0.143. The van der Waals surface area contributed by atoms with Gasteiger partial charge in [0, 0.05) is 26.1 Å². The van der Waals surface area contributed by atoms with Crippen molar-refractivity contribution in [3.63, 3.8) is 0 Å². The number of hydrogen-bond acceptors (Lipinski definition) is 4. The summed E-state index contributed by atoms with van der Waals surface area (Å²) in [6.45, 7) is 1.74. The summed E-state index contributed by atoms with van der Waals surface area (Å²) < 4.78 is 11.2. The molecule has 1 fully saturated rings. The zero-order chi connectivity index (χ0) is 18.6. The number of carbonyl (C=O) groups is 2. The van der Waals surface area contributed by atoms with Gasteiger partial charge in [-0.1, -0.05) is 48.5 Å². The molecule has 2 aromatic rings. The van der Waals surface area contributed by atoms with E-state index in [2.05, 4.69) is 0 Å². The zero-order valence-electron chi connectivity index (χ0n) is 15.2. The van der Waals surface area contributed by atoms with Crippen molar-refractivity contribution < 1.29 is 19.1 Å². The monoisotopic (exact) mass is 365 g/mol. The first-order valence-electron chi connectivity index (χ1n) is 9.44. The summed E-state index contributed by atoms with van der Waals surface area (Å²) in [6.07, 6.45) is 1.65. The summed E-state index contributed by atoms with van der Waals surface area (Å²) >= 11 is 0. The molecule has 1 saturated heterocycles. The fourth-order valence-corrected chi connectivity index (χ4v) is 3.74. The molecule has 0 aliphatic carbocycles. The molecule has 2 aromatic carbocycles. The molecule has 0 aromatic heterocycles. The van der Waals surface area contributed by atoms with E-state index in [4.69, 9.17) is 9.47 Å². The molecule has 0 unspecified atom stereocenters. The minimum atomic E-state index is -0.780. The molecule has 2 aliphatic rings. The van der Waals surface area contributed by atoms with Crippen molar-refractivity contribution in [2.24, 2.45) is 0 Å². The number of hydrogen-bond donors (Lipinski definition) is 0. The highest BCUT2D eigenvalue weighted by Crippen LogP contribution is 2.23. The standard InChI is InChI=1S/C22H23NO4/c24-21(20-13-17-9-4-5-11-19(17)22(25)27-20)23(15-18-10-6-12-26-18)14-16-7-2-1-3-8-16/h1-5,7-9,11,18,20H,6,10,12-15H2/t18-,20-/m0/s1. The van der Waals surface area contributed by atoms with Crippen LogP contribution in [0.25, 0.3) is 0 Å². The summed E-state index contributed by atoms with van der Waals surface area (Å²) in [7, 11) is 0. The van der Waals surface area contributed by atoms with Gasteiger partial charge in [-0.15, -0.1) is 0 Å². The van der Waals surface area contributed by atoms with Gasteiger partial charge >= 0.3 is 5.97 Å². The van der Waals surface area contributed by atoms with Gasteiger partial charge in [0.25, 0.3) is 5.91 Å². The molecule has 0 spiro atoms. The average molecular weight is 365 g/mol. The fraction of sp³-hybridized carbons (Fsp3) is 0.364. The van der Waals surface area contributed by atoms with Crippen molar-refractivity contribution in [2.75, 3.05) is 13.2 Å². The minimum absolute atomic E-state index is 0.0456. The number of ether oxygens (including phenoxy) is 2. The predicted molar refractivity (Wildman–Crippen MR) is 100 cm³/mol. The highest BCUT2D eigenvalue weighted by atomic mass is 16.5. The molecular formula is C22H23NO4. The van der Waals surface area contributed by atoms with Gasteiger partial charge in [0.15, 0.2) is 6.10 Å². The molecule has 140 valence electrons. The molecule has 4 rings (SSSR count). The Morgan fingerprint density at radius 1 is 1.07 bits per heavy atom. The smallest absolute Gasteiger partial charge is 0.339 e. The average Bonchev–Trinajstić information content (AvgIpc) is 3.21. The molecule has 0 bridgehead atoms. The van der Waals surface area contributed by atoms with Crippen LogP contribution in [-0.4, -0.2) is 42.1 Å². The number of amides is 1. The van der Waals surface area contributed by atoms with Crippen LogP contribution in [0.1, 0.15) is 34.3 Å². The number of fused-ring (bicyclic) bond motifs is 1. The van der Waals surface area contributed by atoms with E-state index >= 15 is 0 Å². The van der Waals surface area contributed by atoms with Gasteiger partial charge in [0.1, 0.15) is 0 Å². The molecule has 1 amide bonds. The molecule has 0 radical (unpaired) electrons. The van der Waals surface area contributed by atoms with Gasteiger partial charge in [-0.25, -0.2) is 4.79 Å². The number of esters is 1. The largest absolute Gasteiger partial charge is 0.448 e. The Morgan fingerprint density at radius 3 is 2.63 bits per heavy atom. The Hall–Kier alpha value is -2.66. The molecule has 27 heavy (non-hydrogen) atoms. The first-order chi connectivity index (χ1) is 13.2. The SMILES string of the molecule is O=C1O[C@H](C(=O)N(Cc2ccccc2)C[C@@H]2CCCO2)Cc2ccccc21. The van der Waals surface area contributed by atoms with Crippen molar-refractivity contribution in [2.45, 2.75) is 38.0 Å². The second-order valence-corrected chi connectivity index (χ2v) is 7.09. The molecule has 2 aliphatic heterocycles. The molecule has 2 heterocycles. The number of carbonyl (C=O) groups excluding carboxylic acids is 2. The van der Waals surface area contributed by atoms with Gasteiger partial charge in [-0.2, -0.15) is 0 Å². The highest BCUT2D eigenvalue weighted by molar-refractivity contribution is 5.95.